The van der Waals surface area contributed by atoms with Crippen LogP contribution in [0.4, 0.5) is 5.69 Å². The van der Waals surface area contributed by atoms with Crippen molar-refractivity contribution < 1.29 is 0 Å². The minimum Gasteiger partial charge on any atom is -0.379 e. The van der Waals surface area contributed by atoms with E-state index in [0.29, 0.717) is 0 Å². The number of nitrogens with one attached hydrogen (secondary N) is 1. The van der Waals surface area contributed by atoms with Gasteiger partial charge in [0.05, 0.1) is 6.54 Å². The van der Waals surface area contributed by atoms with Gasteiger partial charge in [0.15, 0.2) is 0 Å². The summed E-state index contributed by atoms with van der Waals surface area (Å²) in [5.41, 5.74) is 2.44. The van der Waals surface area contributed by atoms with E-state index in [4.69, 9.17) is 0 Å². The molecule has 0 bridgehead atoms. The maximum atomic E-state index is 3.60. The fraction of sp³-hybridized carbons (Fsp3) is 0.125. The fourth-order valence-corrected chi connectivity index (χ4v) is 2.76. The highest BCUT2D eigenvalue weighted by atomic mass is 79.9. The minimum absolute atomic E-state index is 0.828. The van der Waals surface area contributed by atoms with Crippen LogP contribution in [-0.2, 0) is 13.6 Å². The third-order valence-corrected chi connectivity index (χ3v) is 4.07. The highest BCUT2D eigenvalue weighted by Gasteiger charge is 2.04. The zero-order valence-corrected chi connectivity index (χ0v) is 12.3. The molecule has 3 rings (SSSR count). The topological polar surface area (TPSA) is 17.0 Å². The van der Waals surface area contributed by atoms with Gasteiger partial charge in [-0.15, -0.1) is 0 Å². The van der Waals surface area contributed by atoms with E-state index in [1.807, 2.05) is 0 Å². The van der Waals surface area contributed by atoms with Gasteiger partial charge < -0.3 is 9.88 Å². The van der Waals surface area contributed by atoms with E-state index in [1.54, 1.807) is 0 Å². The lowest BCUT2D eigenvalue weighted by Gasteiger charge is -2.11. The normalized spacial score (nSPS) is 10.8. The van der Waals surface area contributed by atoms with Crippen LogP contribution in [0, 0.1) is 0 Å². The second kappa shape index (κ2) is 5.10. The van der Waals surface area contributed by atoms with Crippen LogP contribution >= 0.6 is 15.9 Å². The van der Waals surface area contributed by atoms with Gasteiger partial charge in [-0.25, -0.2) is 0 Å². The van der Waals surface area contributed by atoms with Crippen molar-refractivity contribution in [2.45, 2.75) is 6.54 Å². The molecular weight excluding hydrogens is 300 g/mol. The van der Waals surface area contributed by atoms with E-state index >= 15 is 0 Å². The summed E-state index contributed by atoms with van der Waals surface area (Å²) in [5.74, 6) is 0. The first-order valence-electron chi connectivity index (χ1n) is 6.27. The molecule has 0 aliphatic rings. The molecule has 0 radical (unpaired) electrons. The number of rotatable bonds is 3. The number of nitrogens with zero attached hydrogens (tertiary/aromatic N) is 1. The molecule has 0 aliphatic carbocycles. The number of hydrogen-bond acceptors (Lipinski definition) is 1. The molecule has 3 aromatic rings. The first kappa shape index (κ1) is 12.3. The van der Waals surface area contributed by atoms with Crippen molar-refractivity contribution in [3.63, 3.8) is 0 Å². The number of anilines is 1. The summed E-state index contributed by atoms with van der Waals surface area (Å²) in [6.45, 7) is 0.828. The molecule has 0 atom stereocenters. The van der Waals surface area contributed by atoms with Crippen molar-refractivity contribution in [2.24, 2.45) is 7.05 Å². The average Bonchev–Trinajstić information content (AvgIpc) is 2.84. The molecule has 2 aromatic carbocycles. The highest BCUT2D eigenvalue weighted by Crippen LogP contribution is 2.30. The van der Waals surface area contributed by atoms with Gasteiger partial charge in [0.1, 0.15) is 0 Å². The molecular formula is C16H15BrN2. The molecule has 2 nitrogen and oxygen atoms in total. The standard InChI is InChI=1S/C16H15BrN2/c1-19-10-4-5-12(19)11-18-16-9-8-15(17)13-6-2-3-7-14(13)16/h2-10,18H,11H2,1H3. The van der Waals surface area contributed by atoms with Crippen molar-refractivity contribution in [3.05, 3.63) is 64.9 Å². The molecule has 1 heterocycles. The van der Waals surface area contributed by atoms with Crippen LogP contribution in [-0.4, -0.2) is 4.57 Å². The molecule has 0 aliphatic heterocycles. The molecule has 1 aromatic heterocycles. The van der Waals surface area contributed by atoms with Gasteiger partial charge in [-0.1, -0.05) is 40.2 Å². The summed E-state index contributed by atoms with van der Waals surface area (Å²) >= 11 is 3.60. The van der Waals surface area contributed by atoms with Gasteiger partial charge in [0.2, 0.25) is 0 Å². The monoisotopic (exact) mass is 314 g/mol. The Bertz CT molecular complexity index is 716. The van der Waals surface area contributed by atoms with Gasteiger partial charge >= 0.3 is 0 Å². The molecule has 0 fully saturated rings. The number of fused-ring (bicyclic) bond motifs is 1. The predicted molar refractivity (Wildman–Crippen MR) is 84.4 cm³/mol. The first-order chi connectivity index (χ1) is 9.25. The lowest BCUT2D eigenvalue weighted by molar-refractivity contribution is 0.843. The summed E-state index contributed by atoms with van der Waals surface area (Å²) in [7, 11) is 2.07. The first-order valence-corrected chi connectivity index (χ1v) is 7.06. The Morgan fingerprint density at radius 3 is 2.53 bits per heavy atom. The predicted octanol–water partition coefficient (Wildman–Crippen LogP) is 4.55. The highest BCUT2D eigenvalue weighted by molar-refractivity contribution is 9.10. The van der Waals surface area contributed by atoms with Crippen molar-refractivity contribution in [1.82, 2.24) is 4.57 Å². The molecule has 0 saturated heterocycles. The van der Waals surface area contributed by atoms with Crippen LogP contribution in [0.5, 0.6) is 0 Å². The molecule has 96 valence electrons. The van der Waals surface area contributed by atoms with E-state index in [0.717, 1.165) is 11.0 Å². The molecule has 1 N–H and O–H groups in total. The van der Waals surface area contributed by atoms with Crippen molar-refractivity contribution in [2.75, 3.05) is 5.32 Å². The Morgan fingerprint density at radius 1 is 1.00 bits per heavy atom. The second-order valence-corrected chi connectivity index (χ2v) is 5.46. The van der Waals surface area contributed by atoms with E-state index in [1.165, 1.54) is 22.2 Å². The van der Waals surface area contributed by atoms with E-state index < -0.39 is 0 Å². The summed E-state index contributed by atoms with van der Waals surface area (Å²) in [6, 6.07) is 16.8. The van der Waals surface area contributed by atoms with Crippen LogP contribution in [0.15, 0.2) is 59.2 Å². The minimum atomic E-state index is 0.828. The fourth-order valence-electron chi connectivity index (χ4n) is 2.28. The molecule has 0 spiro atoms. The Balaban J connectivity index is 1.93. The number of hydrogen-bond donors (Lipinski definition) is 1. The average molecular weight is 315 g/mol. The summed E-state index contributed by atoms with van der Waals surface area (Å²) < 4.78 is 3.26. The third kappa shape index (κ3) is 2.38. The van der Waals surface area contributed by atoms with E-state index in [9.17, 15) is 0 Å². The Labute approximate surface area is 121 Å². The number of aryl methyl sites for hydroxylation is 1. The maximum absolute atomic E-state index is 3.60. The SMILES string of the molecule is Cn1cccc1CNc1ccc(Br)c2ccccc12. The van der Waals surface area contributed by atoms with Gasteiger partial charge in [-0.05, 0) is 29.7 Å². The molecule has 19 heavy (non-hydrogen) atoms. The Morgan fingerprint density at radius 2 is 1.79 bits per heavy atom. The van der Waals surface area contributed by atoms with Crippen LogP contribution in [0.3, 0.4) is 0 Å². The van der Waals surface area contributed by atoms with Crippen LogP contribution in [0.25, 0.3) is 10.8 Å². The lowest BCUT2D eigenvalue weighted by Crippen LogP contribution is -2.04. The van der Waals surface area contributed by atoms with Crippen LogP contribution < -0.4 is 5.32 Å². The van der Waals surface area contributed by atoms with Gasteiger partial charge in [0.25, 0.3) is 0 Å². The second-order valence-electron chi connectivity index (χ2n) is 4.60. The van der Waals surface area contributed by atoms with Crippen molar-refractivity contribution in [3.8, 4) is 0 Å². The molecule has 3 heteroatoms. The zero-order chi connectivity index (χ0) is 13.2. The number of halogens is 1. The van der Waals surface area contributed by atoms with Gasteiger partial charge in [-0.3, -0.25) is 0 Å². The Hall–Kier alpha value is -1.74. The van der Waals surface area contributed by atoms with Gasteiger partial charge in [0, 0.05) is 34.5 Å². The summed E-state index contributed by atoms with van der Waals surface area (Å²) in [6.07, 6.45) is 2.07. The maximum Gasteiger partial charge on any atom is 0.0553 e. The van der Waals surface area contributed by atoms with Crippen LogP contribution in [0.1, 0.15) is 5.69 Å². The van der Waals surface area contributed by atoms with Crippen molar-refractivity contribution in [1.29, 1.82) is 0 Å². The van der Waals surface area contributed by atoms with Crippen LogP contribution in [0.2, 0.25) is 0 Å². The number of benzene rings is 2. The molecule has 0 saturated carbocycles. The van der Waals surface area contributed by atoms with Crippen molar-refractivity contribution >= 4 is 32.4 Å². The quantitative estimate of drug-likeness (QED) is 0.750. The lowest BCUT2D eigenvalue weighted by atomic mass is 10.1. The zero-order valence-electron chi connectivity index (χ0n) is 10.7. The summed E-state index contributed by atoms with van der Waals surface area (Å²) in [5, 5.41) is 5.99. The smallest absolute Gasteiger partial charge is 0.0553 e. The number of aromatic nitrogens is 1. The van der Waals surface area contributed by atoms with E-state index in [-0.39, 0.29) is 0 Å². The summed E-state index contributed by atoms with van der Waals surface area (Å²) in [4.78, 5) is 0. The van der Waals surface area contributed by atoms with Gasteiger partial charge in [-0.2, -0.15) is 0 Å². The molecule has 0 unspecified atom stereocenters. The largest absolute Gasteiger partial charge is 0.379 e. The van der Waals surface area contributed by atoms with E-state index in [2.05, 4.69) is 87.6 Å². The Kier molecular flexibility index (Phi) is 3.30. The third-order valence-electron chi connectivity index (χ3n) is 3.38. The molecule has 0 amide bonds.